The summed E-state index contributed by atoms with van der Waals surface area (Å²) in [6, 6.07) is 16.6. The summed E-state index contributed by atoms with van der Waals surface area (Å²) in [6.45, 7) is 6.52. The summed E-state index contributed by atoms with van der Waals surface area (Å²) in [6.07, 6.45) is 1.02. The minimum absolute atomic E-state index is 0.273. The third-order valence-electron chi connectivity index (χ3n) is 3.71. The number of hydrogen-bond donors (Lipinski definition) is 2. The molecule has 2 aromatic rings. The maximum atomic E-state index is 9.33. The van der Waals surface area contributed by atoms with E-state index in [1.165, 1.54) is 16.7 Å². The Morgan fingerprint density at radius 2 is 1.65 bits per heavy atom. The van der Waals surface area contributed by atoms with Gasteiger partial charge in [-0.15, -0.1) is 0 Å². The van der Waals surface area contributed by atoms with E-state index in [-0.39, 0.29) is 6.04 Å². The van der Waals surface area contributed by atoms with Crippen LogP contribution in [0.4, 0.5) is 0 Å². The Morgan fingerprint density at radius 3 is 2.30 bits per heavy atom. The van der Waals surface area contributed by atoms with Crippen LogP contribution in [0.2, 0.25) is 0 Å². The van der Waals surface area contributed by atoms with Gasteiger partial charge in [-0.2, -0.15) is 0 Å². The molecule has 0 amide bonds. The molecule has 0 fully saturated rings. The molecule has 2 nitrogen and oxygen atoms in total. The highest BCUT2D eigenvalue weighted by molar-refractivity contribution is 5.28. The quantitative estimate of drug-likeness (QED) is 0.860. The molecule has 2 unspecified atom stereocenters. The summed E-state index contributed by atoms with van der Waals surface area (Å²) in [4.78, 5) is 0. The molecule has 0 heterocycles. The van der Waals surface area contributed by atoms with Gasteiger partial charge in [0.15, 0.2) is 0 Å². The predicted octanol–water partition coefficient (Wildman–Crippen LogP) is 3.98. The van der Waals surface area contributed by atoms with Gasteiger partial charge in [0.25, 0.3) is 0 Å². The molecule has 0 aromatic heterocycles. The zero-order valence-corrected chi connectivity index (χ0v) is 12.4. The van der Waals surface area contributed by atoms with Crippen molar-refractivity contribution in [3.05, 3.63) is 65.2 Å². The third-order valence-corrected chi connectivity index (χ3v) is 3.71. The molecular weight excluding hydrogens is 246 g/mol. The van der Waals surface area contributed by atoms with Crippen LogP contribution in [-0.2, 0) is 6.42 Å². The highest BCUT2D eigenvalue weighted by Crippen LogP contribution is 2.18. The van der Waals surface area contributed by atoms with Gasteiger partial charge in [0, 0.05) is 12.1 Å². The van der Waals surface area contributed by atoms with Crippen molar-refractivity contribution in [2.75, 3.05) is 0 Å². The Bertz CT molecular complexity index is 548. The summed E-state index contributed by atoms with van der Waals surface area (Å²) in [5.74, 6) is 0.314. The number of benzene rings is 2. The van der Waals surface area contributed by atoms with Crippen molar-refractivity contribution in [2.24, 2.45) is 0 Å². The highest BCUT2D eigenvalue weighted by Gasteiger charge is 2.10. The lowest BCUT2D eigenvalue weighted by atomic mass is 10.0. The van der Waals surface area contributed by atoms with E-state index in [0.717, 1.165) is 6.42 Å². The van der Waals surface area contributed by atoms with Crippen molar-refractivity contribution in [1.82, 2.24) is 5.32 Å². The minimum atomic E-state index is 0.273. The Kier molecular flexibility index (Phi) is 4.80. The van der Waals surface area contributed by atoms with Crippen LogP contribution in [0.5, 0.6) is 5.75 Å². The fourth-order valence-electron chi connectivity index (χ4n) is 2.51. The van der Waals surface area contributed by atoms with Crippen molar-refractivity contribution in [3.63, 3.8) is 0 Å². The Morgan fingerprint density at radius 1 is 1.00 bits per heavy atom. The second-order valence-electron chi connectivity index (χ2n) is 5.51. The second-order valence-corrected chi connectivity index (χ2v) is 5.51. The first-order valence-corrected chi connectivity index (χ1v) is 7.15. The smallest absolute Gasteiger partial charge is 0.115 e. The zero-order chi connectivity index (χ0) is 14.5. The molecule has 2 N–H and O–H groups in total. The van der Waals surface area contributed by atoms with Gasteiger partial charge in [0.2, 0.25) is 0 Å². The van der Waals surface area contributed by atoms with Crippen LogP contribution in [-0.4, -0.2) is 11.1 Å². The van der Waals surface area contributed by atoms with Crippen molar-refractivity contribution in [3.8, 4) is 5.75 Å². The van der Waals surface area contributed by atoms with Crippen molar-refractivity contribution in [1.29, 1.82) is 0 Å². The van der Waals surface area contributed by atoms with E-state index in [1.54, 1.807) is 12.1 Å². The van der Waals surface area contributed by atoms with E-state index < -0.39 is 0 Å². The Hall–Kier alpha value is -1.80. The molecule has 0 saturated heterocycles. The molecule has 20 heavy (non-hydrogen) atoms. The number of nitrogens with one attached hydrogen (secondary N) is 1. The summed E-state index contributed by atoms with van der Waals surface area (Å²) in [7, 11) is 0. The number of phenolic OH excluding ortho intramolecular Hbond substituents is 1. The van der Waals surface area contributed by atoms with Gasteiger partial charge in [0.1, 0.15) is 5.75 Å². The fraction of sp³-hybridized carbons (Fsp3) is 0.333. The van der Waals surface area contributed by atoms with E-state index in [2.05, 4.69) is 50.4 Å². The van der Waals surface area contributed by atoms with Crippen LogP contribution in [0.1, 0.15) is 36.6 Å². The molecule has 2 rings (SSSR count). The number of phenols is 1. The minimum Gasteiger partial charge on any atom is -0.508 e. The van der Waals surface area contributed by atoms with Gasteiger partial charge in [-0.1, -0.05) is 36.4 Å². The molecule has 2 aromatic carbocycles. The number of aryl methyl sites for hydroxylation is 1. The lowest BCUT2D eigenvalue weighted by Gasteiger charge is -2.21. The van der Waals surface area contributed by atoms with Crippen LogP contribution >= 0.6 is 0 Å². The average molecular weight is 269 g/mol. The predicted molar refractivity (Wildman–Crippen MR) is 84.0 cm³/mol. The average Bonchev–Trinajstić information content (AvgIpc) is 2.42. The van der Waals surface area contributed by atoms with Gasteiger partial charge in [-0.05, 0) is 56.0 Å². The largest absolute Gasteiger partial charge is 0.508 e. The first-order valence-electron chi connectivity index (χ1n) is 7.15. The first-order chi connectivity index (χ1) is 9.56. The molecular formula is C18H23NO. The Balaban J connectivity index is 1.96. The van der Waals surface area contributed by atoms with Gasteiger partial charge in [0.05, 0.1) is 0 Å². The third kappa shape index (κ3) is 3.84. The van der Waals surface area contributed by atoms with E-state index in [4.69, 9.17) is 0 Å². The highest BCUT2D eigenvalue weighted by atomic mass is 16.3. The molecule has 2 heteroatoms. The van der Waals surface area contributed by atoms with Crippen molar-refractivity contribution >= 4 is 0 Å². The molecule has 0 spiro atoms. The number of aromatic hydroxyl groups is 1. The summed E-state index contributed by atoms with van der Waals surface area (Å²) in [5, 5.41) is 12.9. The van der Waals surface area contributed by atoms with Crippen LogP contribution in [0, 0.1) is 6.92 Å². The molecule has 106 valence electrons. The lowest BCUT2D eigenvalue weighted by molar-refractivity contribution is 0.468. The topological polar surface area (TPSA) is 32.3 Å². The molecule has 0 aliphatic carbocycles. The maximum Gasteiger partial charge on any atom is 0.115 e. The van der Waals surface area contributed by atoms with Gasteiger partial charge in [-0.25, -0.2) is 0 Å². The van der Waals surface area contributed by atoms with E-state index in [1.807, 2.05) is 12.1 Å². The van der Waals surface area contributed by atoms with Crippen LogP contribution in [0.15, 0.2) is 48.5 Å². The molecule has 2 atom stereocenters. The second kappa shape index (κ2) is 6.58. The summed E-state index contributed by atoms with van der Waals surface area (Å²) < 4.78 is 0. The van der Waals surface area contributed by atoms with Gasteiger partial charge in [-0.3, -0.25) is 0 Å². The molecule has 0 radical (unpaired) electrons. The first kappa shape index (κ1) is 14.6. The maximum absolute atomic E-state index is 9.33. The van der Waals surface area contributed by atoms with Crippen molar-refractivity contribution in [2.45, 2.75) is 39.3 Å². The zero-order valence-electron chi connectivity index (χ0n) is 12.4. The normalized spacial score (nSPS) is 13.9. The molecule has 0 aliphatic heterocycles. The number of rotatable bonds is 5. The van der Waals surface area contributed by atoms with Crippen LogP contribution in [0.3, 0.4) is 0 Å². The lowest BCUT2D eigenvalue weighted by Crippen LogP contribution is -2.30. The number of hydrogen-bond acceptors (Lipinski definition) is 2. The standard InChI is InChI=1S/C18H23NO/c1-13-6-4-5-7-17(13)12-14(2)19-15(3)16-8-10-18(20)11-9-16/h4-11,14-15,19-20H,12H2,1-3H3. The summed E-state index contributed by atoms with van der Waals surface area (Å²) in [5.41, 5.74) is 3.93. The molecule has 0 bridgehead atoms. The molecule has 0 saturated carbocycles. The van der Waals surface area contributed by atoms with Crippen LogP contribution in [0.25, 0.3) is 0 Å². The Labute approximate surface area is 121 Å². The van der Waals surface area contributed by atoms with Gasteiger partial charge >= 0.3 is 0 Å². The van der Waals surface area contributed by atoms with E-state index in [9.17, 15) is 5.11 Å². The summed E-state index contributed by atoms with van der Waals surface area (Å²) >= 11 is 0. The van der Waals surface area contributed by atoms with E-state index >= 15 is 0 Å². The van der Waals surface area contributed by atoms with Gasteiger partial charge < -0.3 is 10.4 Å². The van der Waals surface area contributed by atoms with Crippen LogP contribution < -0.4 is 5.32 Å². The van der Waals surface area contributed by atoms with E-state index in [0.29, 0.717) is 11.8 Å². The monoisotopic (exact) mass is 269 g/mol. The molecule has 0 aliphatic rings. The SMILES string of the molecule is Cc1ccccc1CC(C)NC(C)c1ccc(O)cc1. The van der Waals surface area contributed by atoms with Crippen molar-refractivity contribution < 1.29 is 5.11 Å². The fourth-order valence-corrected chi connectivity index (χ4v) is 2.51.